The lowest BCUT2D eigenvalue weighted by Gasteiger charge is -2.15. The van der Waals surface area contributed by atoms with Gasteiger partial charge in [-0.3, -0.25) is 0 Å². The van der Waals surface area contributed by atoms with E-state index in [1.165, 1.54) is 31.0 Å². The molecule has 0 heterocycles. The van der Waals surface area contributed by atoms with Crippen molar-refractivity contribution < 1.29 is 0 Å². The summed E-state index contributed by atoms with van der Waals surface area (Å²) in [6.45, 7) is 4.65. The lowest BCUT2D eigenvalue weighted by atomic mass is 9.93. The van der Waals surface area contributed by atoms with Crippen molar-refractivity contribution in [1.82, 2.24) is 0 Å². The fourth-order valence-corrected chi connectivity index (χ4v) is 2.24. The van der Waals surface area contributed by atoms with Gasteiger partial charge in [-0.25, -0.2) is 0 Å². The van der Waals surface area contributed by atoms with Gasteiger partial charge in [0.2, 0.25) is 0 Å². The van der Waals surface area contributed by atoms with Crippen molar-refractivity contribution in [2.45, 2.75) is 39.5 Å². The minimum Gasteiger partial charge on any atom is -0.0922 e. The lowest BCUT2D eigenvalue weighted by molar-refractivity contribution is 0.397. The summed E-state index contributed by atoms with van der Waals surface area (Å²) >= 11 is 3.59. The van der Waals surface area contributed by atoms with E-state index in [2.05, 4.69) is 29.8 Å². The molecule has 60 valence electrons. The van der Waals surface area contributed by atoms with Crippen LogP contribution in [-0.2, 0) is 0 Å². The summed E-state index contributed by atoms with van der Waals surface area (Å²) in [4.78, 5) is 0. The third-order valence-corrected chi connectivity index (χ3v) is 3.91. The largest absolute Gasteiger partial charge is 0.0922 e. The van der Waals surface area contributed by atoms with Crippen LogP contribution in [0.2, 0.25) is 0 Å². The Hall–Kier alpha value is 0.480. The van der Waals surface area contributed by atoms with E-state index in [0.717, 1.165) is 11.3 Å². The Morgan fingerprint density at radius 2 is 2.10 bits per heavy atom. The number of alkyl halides is 1. The van der Waals surface area contributed by atoms with Crippen LogP contribution in [0.1, 0.15) is 39.5 Å². The van der Waals surface area contributed by atoms with Gasteiger partial charge in [0.05, 0.1) is 0 Å². The molecule has 0 aliphatic heterocycles. The fraction of sp³-hybridized carbons (Fsp3) is 1.00. The number of halogens is 1. The molecule has 1 atom stereocenters. The minimum atomic E-state index is 0.732. The van der Waals surface area contributed by atoms with Crippen molar-refractivity contribution >= 4 is 15.9 Å². The molecule has 1 unspecified atom stereocenters. The molecular formula is C9H17Br. The van der Waals surface area contributed by atoms with E-state index >= 15 is 0 Å². The van der Waals surface area contributed by atoms with Crippen molar-refractivity contribution in [3.05, 3.63) is 0 Å². The number of rotatable bonds is 4. The second kappa shape index (κ2) is 3.25. The Balaban J connectivity index is 2.23. The standard InChI is InChI=1S/C9H17Br/c1-3-8(2)6-9(7-10)4-5-9/h8H,3-7H2,1-2H3. The van der Waals surface area contributed by atoms with Gasteiger partial charge < -0.3 is 0 Å². The van der Waals surface area contributed by atoms with E-state index in [1.807, 2.05) is 0 Å². The topological polar surface area (TPSA) is 0 Å². The van der Waals surface area contributed by atoms with Gasteiger partial charge in [0.1, 0.15) is 0 Å². The average Bonchev–Trinajstić information content (AvgIpc) is 2.70. The Bertz CT molecular complexity index is 105. The smallest absolute Gasteiger partial charge is 0.00880 e. The number of hydrogen-bond donors (Lipinski definition) is 0. The van der Waals surface area contributed by atoms with Crippen molar-refractivity contribution in [3.63, 3.8) is 0 Å². The van der Waals surface area contributed by atoms with E-state index in [9.17, 15) is 0 Å². The van der Waals surface area contributed by atoms with Crippen molar-refractivity contribution in [1.29, 1.82) is 0 Å². The van der Waals surface area contributed by atoms with Crippen LogP contribution in [0, 0.1) is 11.3 Å². The maximum atomic E-state index is 3.59. The SMILES string of the molecule is CCC(C)CC1(CBr)CC1. The van der Waals surface area contributed by atoms with Gasteiger partial charge in [-0.15, -0.1) is 0 Å². The van der Waals surface area contributed by atoms with Crippen molar-refractivity contribution in [3.8, 4) is 0 Å². The van der Waals surface area contributed by atoms with E-state index < -0.39 is 0 Å². The molecule has 1 aliphatic rings. The summed E-state index contributed by atoms with van der Waals surface area (Å²) in [7, 11) is 0. The first-order chi connectivity index (χ1) is 4.72. The molecule has 1 fully saturated rings. The first-order valence-electron chi connectivity index (χ1n) is 4.28. The van der Waals surface area contributed by atoms with Crippen LogP contribution in [0.5, 0.6) is 0 Å². The Morgan fingerprint density at radius 1 is 1.50 bits per heavy atom. The normalized spacial score (nSPS) is 24.3. The third kappa shape index (κ3) is 1.98. The number of hydrogen-bond acceptors (Lipinski definition) is 0. The van der Waals surface area contributed by atoms with Gasteiger partial charge in [0.25, 0.3) is 0 Å². The highest BCUT2D eigenvalue weighted by Gasteiger charge is 2.41. The third-order valence-electron chi connectivity index (χ3n) is 2.72. The molecule has 0 nitrogen and oxygen atoms in total. The van der Waals surface area contributed by atoms with Crippen LogP contribution in [0.25, 0.3) is 0 Å². The lowest BCUT2D eigenvalue weighted by Crippen LogP contribution is -2.07. The molecule has 1 rings (SSSR count). The van der Waals surface area contributed by atoms with Crippen LogP contribution in [0.4, 0.5) is 0 Å². The zero-order chi connectivity index (χ0) is 7.61. The van der Waals surface area contributed by atoms with Gasteiger partial charge in [-0.05, 0) is 30.6 Å². The summed E-state index contributed by atoms with van der Waals surface area (Å²) in [5.74, 6) is 0.931. The van der Waals surface area contributed by atoms with Crippen molar-refractivity contribution in [2.75, 3.05) is 5.33 Å². The molecule has 0 bridgehead atoms. The van der Waals surface area contributed by atoms with Gasteiger partial charge in [0.15, 0.2) is 0 Å². The molecule has 0 aromatic carbocycles. The summed E-state index contributed by atoms with van der Waals surface area (Å²) in [5.41, 5.74) is 0.732. The molecule has 0 saturated heterocycles. The van der Waals surface area contributed by atoms with Crippen LogP contribution in [0.15, 0.2) is 0 Å². The Kier molecular flexibility index (Phi) is 2.79. The highest BCUT2D eigenvalue weighted by molar-refractivity contribution is 9.09. The van der Waals surface area contributed by atoms with E-state index in [4.69, 9.17) is 0 Å². The van der Waals surface area contributed by atoms with E-state index in [0.29, 0.717) is 0 Å². The highest BCUT2D eigenvalue weighted by atomic mass is 79.9. The molecule has 0 radical (unpaired) electrons. The summed E-state index contributed by atoms with van der Waals surface area (Å²) in [6, 6.07) is 0. The quantitative estimate of drug-likeness (QED) is 0.615. The van der Waals surface area contributed by atoms with Gasteiger partial charge in [0, 0.05) is 5.33 Å². The molecule has 1 heteroatoms. The first-order valence-corrected chi connectivity index (χ1v) is 5.40. The van der Waals surface area contributed by atoms with Gasteiger partial charge >= 0.3 is 0 Å². The first kappa shape index (κ1) is 8.58. The molecular weight excluding hydrogens is 188 g/mol. The predicted octanol–water partition coefficient (Wildman–Crippen LogP) is 3.60. The van der Waals surface area contributed by atoms with Gasteiger partial charge in [-0.1, -0.05) is 36.2 Å². The molecule has 0 aromatic heterocycles. The Labute approximate surface area is 72.5 Å². The predicted molar refractivity (Wildman–Crippen MR) is 49.5 cm³/mol. The maximum Gasteiger partial charge on any atom is 0.00880 e. The summed E-state index contributed by atoms with van der Waals surface area (Å²) < 4.78 is 0. The monoisotopic (exact) mass is 204 g/mol. The highest BCUT2D eigenvalue weighted by Crippen LogP contribution is 2.52. The second-order valence-corrected chi connectivity index (χ2v) is 4.41. The van der Waals surface area contributed by atoms with E-state index in [-0.39, 0.29) is 0 Å². The summed E-state index contributed by atoms with van der Waals surface area (Å²) in [5, 5.41) is 1.23. The minimum absolute atomic E-state index is 0.732. The molecule has 0 amide bonds. The van der Waals surface area contributed by atoms with Crippen LogP contribution >= 0.6 is 15.9 Å². The molecule has 0 N–H and O–H groups in total. The van der Waals surface area contributed by atoms with E-state index in [1.54, 1.807) is 0 Å². The zero-order valence-corrected chi connectivity index (χ0v) is 8.58. The fourth-order valence-electron chi connectivity index (χ4n) is 1.45. The van der Waals surface area contributed by atoms with Crippen molar-refractivity contribution in [2.24, 2.45) is 11.3 Å². The van der Waals surface area contributed by atoms with Crippen LogP contribution in [0.3, 0.4) is 0 Å². The van der Waals surface area contributed by atoms with Gasteiger partial charge in [-0.2, -0.15) is 0 Å². The second-order valence-electron chi connectivity index (χ2n) is 3.85. The molecule has 1 aliphatic carbocycles. The molecule has 1 saturated carbocycles. The van der Waals surface area contributed by atoms with Crippen LogP contribution < -0.4 is 0 Å². The van der Waals surface area contributed by atoms with Crippen LogP contribution in [-0.4, -0.2) is 5.33 Å². The average molecular weight is 205 g/mol. The molecule has 0 spiro atoms. The molecule has 0 aromatic rings. The summed E-state index contributed by atoms with van der Waals surface area (Å²) in [6.07, 6.45) is 5.70. The molecule has 10 heavy (non-hydrogen) atoms. The zero-order valence-electron chi connectivity index (χ0n) is 6.99. The Morgan fingerprint density at radius 3 is 2.40 bits per heavy atom. The maximum absolute atomic E-state index is 3.59.